The average Bonchev–Trinajstić information content (AvgIpc) is 3.17. The van der Waals surface area contributed by atoms with Gasteiger partial charge in [0.15, 0.2) is 0 Å². The van der Waals surface area contributed by atoms with Gasteiger partial charge in [0.25, 0.3) is 0 Å². The van der Waals surface area contributed by atoms with Crippen LogP contribution in [-0.2, 0) is 23.7 Å². The fourth-order valence-electron chi connectivity index (χ4n) is 3.60. The normalized spacial score (nSPS) is 14.5. The molecule has 2 nitrogen and oxygen atoms in total. The van der Waals surface area contributed by atoms with E-state index in [1.165, 1.54) is 26.4 Å². The highest BCUT2D eigenvalue weighted by molar-refractivity contribution is 7.18. The first-order valence-electron chi connectivity index (χ1n) is 9.38. The Balaban J connectivity index is 1.63. The predicted molar refractivity (Wildman–Crippen MR) is 111 cm³/mol. The predicted octanol–water partition coefficient (Wildman–Crippen LogP) is 6.05. The van der Waals surface area contributed by atoms with Gasteiger partial charge in [0.05, 0.1) is 21.8 Å². The van der Waals surface area contributed by atoms with Crippen LogP contribution in [0.2, 0.25) is 0 Å². The van der Waals surface area contributed by atoms with E-state index in [2.05, 4.69) is 71.0 Å². The maximum Gasteiger partial charge on any atom is 0.122 e. The number of thiazole rings is 1. The molecular weight excluding hydrogens is 338 g/mol. The SMILES string of the molecule is CC(C)(C)c1ccc2sc(CC(C)(C)c3ccc4c(c3)CCO4)nc2c1. The molecule has 2 aromatic carbocycles. The molecule has 0 atom stereocenters. The molecule has 0 radical (unpaired) electrons. The molecule has 0 bridgehead atoms. The Labute approximate surface area is 160 Å². The summed E-state index contributed by atoms with van der Waals surface area (Å²) in [5.41, 5.74) is 5.41. The molecule has 1 aliphatic rings. The first kappa shape index (κ1) is 17.5. The lowest BCUT2D eigenvalue weighted by Crippen LogP contribution is -2.20. The van der Waals surface area contributed by atoms with Gasteiger partial charge in [-0.2, -0.15) is 0 Å². The highest BCUT2D eigenvalue weighted by Crippen LogP contribution is 2.36. The smallest absolute Gasteiger partial charge is 0.122 e. The molecule has 136 valence electrons. The minimum Gasteiger partial charge on any atom is -0.493 e. The van der Waals surface area contributed by atoms with Crippen molar-refractivity contribution in [3.8, 4) is 5.75 Å². The zero-order valence-corrected chi connectivity index (χ0v) is 17.2. The third-order valence-electron chi connectivity index (χ3n) is 5.36. The molecule has 0 saturated heterocycles. The Kier molecular flexibility index (Phi) is 4.11. The van der Waals surface area contributed by atoms with Crippen LogP contribution >= 0.6 is 11.3 Å². The van der Waals surface area contributed by atoms with Crippen molar-refractivity contribution in [3.05, 3.63) is 58.1 Å². The fraction of sp³-hybridized carbons (Fsp3) is 0.435. The maximum atomic E-state index is 5.65. The Hall–Kier alpha value is -1.87. The van der Waals surface area contributed by atoms with E-state index < -0.39 is 0 Å². The van der Waals surface area contributed by atoms with E-state index in [4.69, 9.17) is 9.72 Å². The first-order valence-corrected chi connectivity index (χ1v) is 10.2. The summed E-state index contributed by atoms with van der Waals surface area (Å²) in [7, 11) is 0. The van der Waals surface area contributed by atoms with Gasteiger partial charge in [-0.3, -0.25) is 0 Å². The van der Waals surface area contributed by atoms with E-state index >= 15 is 0 Å². The Morgan fingerprint density at radius 2 is 1.77 bits per heavy atom. The van der Waals surface area contributed by atoms with Crippen molar-refractivity contribution < 1.29 is 4.74 Å². The largest absolute Gasteiger partial charge is 0.493 e. The second-order valence-corrected chi connectivity index (χ2v) is 10.1. The molecule has 0 fully saturated rings. The molecule has 1 aromatic heterocycles. The molecule has 1 aliphatic heterocycles. The lowest BCUT2D eigenvalue weighted by molar-refractivity contribution is 0.356. The summed E-state index contributed by atoms with van der Waals surface area (Å²) in [6.45, 7) is 12.2. The summed E-state index contributed by atoms with van der Waals surface area (Å²) < 4.78 is 6.94. The molecule has 2 heterocycles. The highest BCUT2D eigenvalue weighted by Gasteiger charge is 2.25. The third kappa shape index (κ3) is 3.25. The number of benzene rings is 2. The van der Waals surface area contributed by atoms with Gasteiger partial charge in [-0.25, -0.2) is 4.98 Å². The second-order valence-electron chi connectivity index (χ2n) is 9.02. The molecule has 0 unspecified atom stereocenters. The van der Waals surface area contributed by atoms with Crippen LogP contribution in [0, 0.1) is 0 Å². The van der Waals surface area contributed by atoms with Crippen LogP contribution in [-0.4, -0.2) is 11.6 Å². The molecule has 3 heteroatoms. The molecule has 26 heavy (non-hydrogen) atoms. The summed E-state index contributed by atoms with van der Waals surface area (Å²) in [4.78, 5) is 4.96. The Bertz CT molecular complexity index is 962. The van der Waals surface area contributed by atoms with Crippen molar-refractivity contribution in [2.24, 2.45) is 0 Å². The van der Waals surface area contributed by atoms with Gasteiger partial charge >= 0.3 is 0 Å². The quantitative estimate of drug-likeness (QED) is 0.564. The minimum absolute atomic E-state index is 0.0539. The van der Waals surface area contributed by atoms with Crippen LogP contribution in [0.5, 0.6) is 5.75 Å². The Morgan fingerprint density at radius 1 is 1.00 bits per heavy atom. The van der Waals surface area contributed by atoms with Crippen molar-refractivity contribution in [2.75, 3.05) is 6.61 Å². The maximum absolute atomic E-state index is 5.65. The molecule has 0 saturated carbocycles. The summed E-state index contributed by atoms with van der Waals surface area (Å²) in [6.07, 6.45) is 1.98. The minimum atomic E-state index is 0.0539. The standard InChI is InChI=1S/C23H27NOS/c1-22(2,3)16-7-9-20-18(13-16)24-21(26-20)14-23(4,5)17-6-8-19-15(12-17)10-11-25-19/h6-9,12-13H,10-11,14H2,1-5H3. The van der Waals surface area contributed by atoms with Crippen LogP contribution in [0.15, 0.2) is 36.4 Å². The van der Waals surface area contributed by atoms with E-state index in [0.717, 1.165) is 30.7 Å². The number of rotatable bonds is 3. The molecule has 0 aliphatic carbocycles. The lowest BCUT2D eigenvalue weighted by Gasteiger charge is -2.24. The van der Waals surface area contributed by atoms with Gasteiger partial charge < -0.3 is 4.74 Å². The number of hydrogen-bond donors (Lipinski definition) is 0. The molecule has 0 spiro atoms. The number of aromatic nitrogens is 1. The second kappa shape index (κ2) is 6.09. The van der Waals surface area contributed by atoms with E-state index in [0.29, 0.717) is 0 Å². The lowest BCUT2D eigenvalue weighted by atomic mass is 9.81. The van der Waals surface area contributed by atoms with Gasteiger partial charge in [0, 0.05) is 12.8 Å². The highest BCUT2D eigenvalue weighted by atomic mass is 32.1. The fourth-order valence-corrected chi connectivity index (χ4v) is 4.78. The van der Waals surface area contributed by atoms with Crippen LogP contribution in [0.4, 0.5) is 0 Å². The average molecular weight is 366 g/mol. The van der Waals surface area contributed by atoms with Gasteiger partial charge in [-0.15, -0.1) is 11.3 Å². The third-order valence-corrected chi connectivity index (χ3v) is 6.40. The number of nitrogens with zero attached hydrogens (tertiary/aromatic N) is 1. The van der Waals surface area contributed by atoms with Crippen molar-refractivity contribution in [3.63, 3.8) is 0 Å². The van der Waals surface area contributed by atoms with Crippen molar-refractivity contribution in [1.29, 1.82) is 0 Å². The summed E-state index contributed by atoms with van der Waals surface area (Å²) in [6, 6.07) is 13.4. The van der Waals surface area contributed by atoms with Crippen molar-refractivity contribution >= 4 is 21.6 Å². The molecular formula is C23H27NOS. The number of fused-ring (bicyclic) bond motifs is 2. The Morgan fingerprint density at radius 3 is 2.54 bits per heavy atom. The molecule has 4 rings (SSSR count). The zero-order valence-electron chi connectivity index (χ0n) is 16.3. The van der Waals surface area contributed by atoms with Gasteiger partial charge in [0.2, 0.25) is 0 Å². The van der Waals surface area contributed by atoms with Crippen LogP contribution in [0.3, 0.4) is 0 Å². The summed E-state index contributed by atoms with van der Waals surface area (Å²) >= 11 is 1.83. The molecule has 0 amide bonds. The van der Waals surface area contributed by atoms with Crippen molar-refractivity contribution in [1.82, 2.24) is 4.98 Å². The zero-order chi connectivity index (χ0) is 18.5. The van der Waals surface area contributed by atoms with E-state index in [9.17, 15) is 0 Å². The molecule has 0 N–H and O–H groups in total. The van der Waals surface area contributed by atoms with E-state index in [1.54, 1.807) is 0 Å². The first-order chi connectivity index (χ1) is 12.2. The monoisotopic (exact) mass is 365 g/mol. The van der Waals surface area contributed by atoms with Gasteiger partial charge in [0.1, 0.15) is 5.75 Å². The number of ether oxygens (including phenoxy) is 1. The summed E-state index contributed by atoms with van der Waals surface area (Å²) in [5, 5.41) is 1.22. The van der Waals surface area contributed by atoms with E-state index in [1.807, 2.05) is 11.3 Å². The van der Waals surface area contributed by atoms with Crippen LogP contribution in [0.25, 0.3) is 10.2 Å². The number of hydrogen-bond acceptors (Lipinski definition) is 3. The van der Waals surface area contributed by atoms with Gasteiger partial charge in [-0.05, 0) is 45.7 Å². The topological polar surface area (TPSA) is 22.1 Å². The van der Waals surface area contributed by atoms with Crippen LogP contribution < -0.4 is 4.74 Å². The van der Waals surface area contributed by atoms with E-state index in [-0.39, 0.29) is 10.8 Å². The molecule has 3 aromatic rings. The van der Waals surface area contributed by atoms with Crippen molar-refractivity contribution in [2.45, 2.75) is 58.3 Å². The van der Waals surface area contributed by atoms with Crippen LogP contribution in [0.1, 0.15) is 56.3 Å². The summed E-state index contributed by atoms with van der Waals surface area (Å²) in [5.74, 6) is 1.05. The van der Waals surface area contributed by atoms with Gasteiger partial charge in [-0.1, -0.05) is 52.8 Å².